The number of hydrogen-bond donors (Lipinski definition) is 1. The third-order valence-corrected chi connectivity index (χ3v) is 6.75. The van der Waals surface area contributed by atoms with Crippen molar-refractivity contribution in [3.05, 3.63) is 86.8 Å². The van der Waals surface area contributed by atoms with E-state index in [4.69, 9.17) is 27.9 Å². The van der Waals surface area contributed by atoms with E-state index >= 15 is 0 Å². The van der Waals surface area contributed by atoms with Gasteiger partial charge in [0.2, 0.25) is 0 Å². The molecule has 1 amide bonds. The molecule has 1 heterocycles. The van der Waals surface area contributed by atoms with E-state index in [9.17, 15) is 13.2 Å². The van der Waals surface area contributed by atoms with E-state index in [1.54, 1.807) is 49.4 Å². The first-order valence-corrected chi connectivity index (χ1v) is 13.4. The lowest BCUT2D eigenvalue weighted by atomic mass is 10.2. The Morgan fingerprint density at radius 1 is 1.14 bits per heavy atom. The van der Waals surface area contributed by atoms with Gasteiger partial charge in [0.15, 0.2) is 5.15 Å². The molecule has 3 rings (SSSR count). The normalized spacial score (nSPS) is 11.7. The molecule has 0 aliphatic carbocycles. The van der Waals surface area contributed by atoms with Crippen LogP contribution >= 0.6 is 23.2 Å². The van der Waals surface area contributed by atoms with Gasteiger partial charge >= 0.3 is 0 Å². The number of nitrogens with one attached hydrogen (secondary N) is 1. The van der Waals surface area contributed by atoms with Crippen molar-refractivity contribution in [1.82, 2.24) is 14.3 Å². The number of imidazole rings is 1. The number of sulfonamides is 1. The van der Waals surface area contributed by atoms with E-state index in [1.807, 2.05) is 10.8 Å². The van der Waals surface area contributed by atoms with Crippen LogP contribution in [0.3, 0.4) is 0 Å². The van der Waals surface area contributed by atoms with Crippen LogP contribution in [0.25, 0.3) is 6.08 Å². The molecule has 10 heteroatoms. The summed E-state index contributed by atoms with van der Waals surface area (Å²) < 4.78 is 34.2. The van der Waals surface area contributed by atoms with Crippen LogP contribution in [0.4, 0.5) is 0 Å². The Hall–Kier alpha value is -2.81. The number of hydrogen-bond acceptors (Lipinski definition) is 5. The smallest absolute Gasteiger partial charge is 0.284 e. The molecule has 0 atom stereocenters. The van der Waals surface area contributed by atoms with Crippen molar-refractivity contribution in [3.8, 4) is 5.75 Å². The summed E-state index contributed by atoms with van der Waals surface area (Å²) in [6, 6.07) is 14.2. The minimum absolute atomic E-state index is 0.0724. The molecular weight excluding hydrogens is 509 g/mol. The van der Waals surface area contributed by atoms with Crippen LogP contribution in [0.2, 0.25) is 10.2 Å². The van der Waals surface area contributed by atoms with Gasteiger partial charge < -0.3 is 9.30 Å². The van der Waals surface area contributed by atoms with Crippen LogP contribution in [-0.2, 0) is 16.6 Å². The monoisotopic (exact) mass is 535 g/mol. The van der Waals surface area contributed by atoms with Gasteiger partial charge in [-0.25, -0.2) is 18.1 Å². The topological polar surface area (TPSA) is 90.3 Å². The summed E-state index contributed by atoms with van der Waals surface area (Å²) >= 11 is 12.7. The van der Waals surface area contributed by atoms with Gasteiger partial charge in [0, 0.05) is 5.02 Å². The van der Waals surface area contributed by atoms with Crippen molar-refractivity contribution < 1.29 is 17.9 Å². The van der Waals surface area contributed by atoms with E-state index in [2.05, 4.69) is 11.9 Å². The molecule has 7 nitrogen and oxygen atoms in total. The van der Waals surface area contributed by atoms with Gasteiger partial charge in [0.25, 0.3) is 15.9 Å². The first-order chi connectivity index (χ1) is 16.7. The highest BCUT2D eigenvalue weighted by molar-refractivity contribution is 7.93. The molecule has 0 spiro atoms. The third kappa shape index (κ3) is 7.59. The van der Waals surface area contributed by atoms with Crippen LogP contribution in [0.5, 0.6) is 5.75 Å². The second-order valence-electron chi connectivity index (χ2n) is 7.88. The maximum Gasteiger partial charge on any atom is 0.284 e. The van der Waals surface area contributed by atoms with Crippen molar-refractivity contribution in [1.29, 1.82) is 0 Å². The van der Waals surface area contributed by atoms with Gasteiger partial charge in [0.05, 0.1) is 18.6 Å². The molecule has 0 fully saturated rings. The van der Waals surface area contributed by atoms with Gasteiger partial charge in [-0.1, -0.05) is 79.4 Å². The maximum absolute atomic E-state index is 12.9. The fourth-order valence-electron chi connectivity index (χ4n) is 3.34. The average Bonchev–Trinajstić information content (AvgIpc) is 3.10. The number of aromatic nitrogens is 2. The van der Waals surface area contributed by atoms with Gasteiger partial charge in [-0.3, -0.25) is 4.79 Å². The zero-order valence-corrected chi connectivity index (χ0v) is 21.8. The summed E-state index contributed by atoms with van der Waals surface area (Å²) in [4.78, 5) is 17.0. The van der Waals surface area contributed by atoms with E-state index in [-0.39, 0.29) is 17.4 Å². The zero-order chi connectivity index (χ0) is 25.4. The van der Waals surface area contributed by atoms with Crippen molar-refractivity contribution in [2.24, 2.45) is 0 Å². The Kier molecular flexibility index (Phi) is 9.37. The SMILES string of the molecule is CCCCCOc1ccc(Cn2c(C)nc(Cl)c2C(=O)NS(=O)(=O)C=Cc2ccccc2)c(Cl)c1. The molecule has 3 aromatic rings. The molecule has 1 aromatic heterocycles. The minimum atomic E-state index is -4.07. The van der Waals surface area contributed by atoms with E-state index in [1.165, 1.54) is 10.6 Å². The second-order valence-corrected chi connectivity index (χ2v) is 10.2. The Morgan fingerprint density at radius 2 is 1.89 bits per heavy atom. The Balaban J connectivity index is 1.76. The van der Waals surface area contributed by atoms with E-state index in [0.29, 0.717) is 34.3 Å². The van der Waals surface area contributed by atoms with Crippen molar-refractivity contribution in [3.63, 3.8) is 0 Å². The molecular formula is C25H27Cl2N3O4S. The Bertz CT molecular complexity index is 1310. The first-order valence-electron chi connectivity index (χ1n) is 11.1. The predicted octanol–water partition coefficient (Wildman–Crippen LogP) is 5.85. The second kappa shape index (κ2) is 12.2. The molecule has 0 unspecified atom stereocenters. The predicted molar refractivity (Wildman–Crippen MR) is 139 cm³/mol. The zero-order valence-electron chi connectivity index (χ0n) is 19.5. The lowest BCUT2D eigenvalue weighted by Gasteiger charge is -2.13. The van der Waals surface area contributed by atoms with Crippen molar-refractivity contribution in [2.45, 2.75) is 39.7 Å². The van der Waals surface area contributed by atoms with Crippen molar-refractivity contribution in [2.75, 3.05) is 6.61 Å². The molecule has 2 aromatic carbocycles. The molecule has 0 bridgehead atoms. The molecule has 0 aliphatic rings. The maximum atomic E-state index is 12.9. The fourth-order valence-corrected chi connectivity index (χ4v) is 4.64. The highest BCUT2D eigenvalue weighted by atomic mass is 35.5. The van der Waals surface area contributed by atoms with Gasteiger partial charge in [-0.2, -0.15) is 0 Å². The minimum Gasteiger partial charge on any atom is -0.494 e. The summed E-state index contributed by atoms with van der Waals surface area (Å²) in [7, 11) is -4.07. The van der Waals surface area contributed by atoms with E-state index < -0.39 is 15.9 Å². The quantitative estimate of drug-likeness (QED) is 0.311. The Morgan fingerprint density at radius 3 is 2.57 bits per heavy atom. The molecule has 0 radical (unpaired) electrons. The summed E-state index contributed by atoms with van der Waals surface area (Å²) in [5.41, 5.74) is 1.30. The first kappa shape index (κ1) is 26.8. The third-order valence-electron chi connectivity index (χ3n) is 5.17. The van der Waals surface area contributed by atoms with Crippen LogP contribution in [-0.4, -0.2) is 30.5 Å². The summed E-state index contributed by atoms with van der Waals surface area (Å²) in [6.45, 7) is 4.58. The number of unbranched alkanes of at least 4 members (excludes halogenated alkanes) is 2. The lowest BCUT2D eigenvalue weighted by molar-refractivity contribution is 0.0973. The molecule has 0 saturated heterocycles. The van der Waals surface area contributed by atoms with Crippen LogP contribution < -0.4 is 9.46 Å². The standard InChI is InChI=1S/C25H27Cl2N3O4S/c1-3-4-8-14-34-21-12-11-20(22(26)16-21)17-30-18(2)28-24(27)23(30)25(31)29-35(32,33)15-13-19-9-6-5-7-10-19/h5-7,9-13,15-16H,3-4,8,14,17H2,1-2H3,(H,29,31). The fraction of sp³-hybridized carbons (Fsp3) is 0.280. The van der Waals surface area contributed by atoms with Crippen LogP contribution in [0.15, 0.2) is 53.9 Å². The van der Waals surface area contributed by atoms with Crippen LogP contribution in [0.1, 0.15) is 53.6 Å². The summed E-state index contributed by atoms with van der Waals surface area (Å²) in [5.74, 6) is 0.207. The summed E-state index contributed by atoms with van der Waals surface area (Å²) in [6.07, 6.45) is 4.56. The molecule has 35 heavy (non-hydrogen) atoms. The average molecular weight is 536 g/mol. The highest BCUT2D eigenvalue weighted by Crippen LogP contribution is 2.26. The molecule has 186 valence electrons. The largest absolute Gasteiger partial charge is 0.494 e. The summed E-state index contributed by atoms with van der Waals surface area (Å²) in [5, 5.41) is 1.28. The molecule has 1 N–H and O–H groups in total. The number of carbonyl (C=O) groups excluding carboxylic acids is 1. The van der Waals surface area contributed by atoms with Crippen molar-refractivity contribution >= 4 is 45.2 Å². The number of amides is 1. The highest BCUT2D eigenvalue weighted by Gasteiger charge is 2.24. The molecule has 0 aliphatic heterocycles. The van der Waals surface area contributed by atoms with E-state index in [0.717, 1.165) is 24.7 Å². The van der Waals surface area contributed by atoms with Gasteiger partial charge in [-0.05, 0) is 42.7 Å². The number of aryl methyl sites for hydroxylation is 1. The van der Waals surface area contributed by atoms with Gasteiger partial charge in [-0.15, -0.1) is 0 Å². The Labute approximate surface area is 215 Å². The molecule has 0 saturated carbocycles. The number of carbonyl (C=O) groups is 1. The number of halogens is 2. The number of benzene rings is 2. The number of rotatable bonds is 11. The van der Waals surface area contributed by atoms with Gasteiger partial charge in [0.1, 0.15) is 17.3 Å². The lowest BCUT2D eigenvalue weighted by Crippen LogP contribution is -2.31. The van der Waals surface area contributed by atoms with Crippen LogP contribution in [0, 0.1) is 6.92 Å². The number of ether oxygens (including phenoxy) is 1. The number of nitrogens with zero attached hydrogens (tertiary/aromatic N) is 2.